The molecular weight excluding hydrogens is 176 g/mol. The molecule has 0 aliphatic carbocycles. The van der Waals surface area contributed by atoms with E-state index in [2.05, 4.69) is 20.4 Å². The summed E-state index contributed by atoms with van der Waals surface area (Å²) in [6.45, 7) is 6.92. The lowest BCUT2D eigenvalue weighted by molar-refractivity contribution is 0.193. The van der Waals surface area contributed by atoms with E-state index in [1.165, 1.54) is 44.2 Å². The highest BCUT2D eigenvalue weighted by Crippen LogP contribution is 2.30. The van der Waals surface area contributed by atoms with Gasteiger partial charge in [0.05, 0.1) is 0 Å². The Bertz CT molecular complexity index is 141. The Morgan fingerprint density at radius 2 is 1.85 bits per heavy atom. The number of rotatable bonds is 4. The molecule has 0 aromatic carbocycles. The van der Waals surface area contributed by atoms with Gasteiger partial charge in [-0.3, -0.25) is 0 Å². The van der Waals surface area contributed by atoms with Crippen LogP contribution in [0.25, 0.3) is 0 Å². The summed E-state index contributed by atoms with van der Waals surface area (Å²) in [5.41, 5.74) is 0. The quantitative estimate of drug-likeness (QED) is 0.624. The van der Waals surface area contributed by atoms with Crippen molar-refractivity contribution in [1.82, 2.24) is 0 Å². The van der Waals surface area contributed by atoms with Crippen molar-refractivity contribution in [3.05, 3.63) is 0 Å². The Morgan fingerprint density at radius 3 is 2.38 bits per heavy atom. The second kappa shape index (κ2) is 5.16. The highest BCUT2D eigenvalue weighted by molar-refractivity contribution is 6.72. The van der Waals surface area contributed by atoms with Crippen LogP contribution in [0.2, 0.25) is 18.6 Å². The van der Waals surface area contributed by atoms with Gasteiger partial charge in [0.25, 0.3) is 0 Å². The monoisotopic (exact) mass is 200 g/mol. The molecule has 1 fully saturated rings. The average Bonchev–Trinajstić information content (AvgIpc) is 2.04. The topological polar surface area (TPSA) is 9.23 Å². The van der Waals surface area contributed by atoms with Gasteiger partial charge in [-0.25, -0.2) is 0 Å². The van der Waals surface area contributed by atoms with Crippen molar-refractivity contribution in [3.63, 3.8) is 0 Å². The molecule has 0 aromatic rings. The molecule has 0 saturated carbocycles. The van der Waals surface area contributed by atoms with Crippen molar-refractivity contribution in [2.24, 2.45) is 0 Å². The molecule has 0 spiro atoms. The molecule has 1 saturated heterocycles. The lowest BCUT2D eigenvalue weighted by Crippen LogP contribution is -2.39. The molecule has 1 aliphatic rings. The van der Waals surface area contributed by atoms with Crippen molar-refractivity contribution in [1.29, 1.82) is 0 Å². The largest absolute Gasteiger partial charge is 0.414 e. The number of hydrogen-bond acceptors (Lipinski definition) is 1. The van der Waals surface area contributed by atoms with Crippen LogP contribution in [0.15, 0.2) is 0 Å². The minimum absolute atomic E-state index is 0.514. The molecule has 0 amide bonds. The van der Waals surface area contributed by atoms with Crippen LogP contribution < -0.4 is 0 Å². The molecule has 1 unspecified atom stereocenters. The van der Waals surface area contributed by atoms with Crippen LogP contribution in [0.4, 0.5) is 0 Å². The molecule has 0 radical (unpaired) electrons. The SMILES string of the molecule is CCCC(C)O[Si]1(C)CCCCC1. The van der Waals surface area contributed by atoms with Crippen LogP contribution in [0.5, 0.6) is 0 Å². The second-order valence-corrected chi connectivity index (χ2v) is 8.86. The van der Waals surface area contributed by atoms with Crippen LogP contribution in [0, 0.1) is 0 Å². The van der Waals surface area contributed by atoms with Gasteiger partial charge in [-0.05, 0) is 32.0 Å². The molecule has 1 rings (SSSR count). The molecule has 2 heteroatoms. The normalized spacial score (nSPS) is 24.2. The van der Waals surface area contributed by atoms with Crippen molar-refractivity contribution in [2.75, 3.05) is 0 Å². The van der Waals surface area contributed by atoms with Crippen molar-refractivity contribution in [3.8, 4) is 0 Å². The fourth-order valence-electron chi connectivity index (χ4n) is 2.37. The van der Waals surface area contributed by atoms with E-state index < -0.39 is 8.32 Å². The van der Waals surface area contributed by atoms with Crippen LogP contribution in [-0.2, 0) is 4.43 Å². The lowest BCUT2D eigenvalue weighted by atomic mass is 10.2. The third-order valence-electron chi connectivity index (χ3n) is 3.09. The summed E-state index contributed by atoms with van der Waals surface area (Å²) in [7, 11) is -1.24. The summed E-state index contributed by atoms with van der Waals surface area (Å²) < 4.78 is 6.26. The van der Waals surface area contributed by atoms with Gasteiger partial charge in [-0.15, -0.1) is 0 Å². The maximum Gasteiger partial charge on any atom is 0.190 e. The predicted molar refractivity (Wildman–Crippen MR) is 60.5 cm³/mol. The summed E-state index contributed by atoms with van der Waals surface area (Å²) in [5.74, 6) is 0. The minimum Gasteiger partial charge on any atom is -0.414 e. The van der Waals surface area contributed by atoms with Gasteiger partial charge >= 0.3 is 0 Å². The highest BCUT2D eigenvalue weighted by atomic mass is 28.4. The zero-order valence-corrected chi connectivity index (χ0v) is 10.4. The first-order chi connectivity index (χ1) is 6.16. The van der Waals surface area contributed by atoms with E-state index in [1.807, 2.05) is 0 Å². The Hall–Kier alpha value is 0.177. The molecule has 1 atom stereocenters. The molecule has 1 nitrogen and oxygen atoms in total. The van der Waals surface area contributed by atoms with Crippen LogP contribution >= 0.6 is 0 Å². The maximum absolute atomic E-state index is 6.26. The van der Waals surface area contributed by atoms with Gasteiger partial charge < -0.3 is 4.43 Å². The lowest BCUT2D eigenvalue weighted by Gasteiger charge is -2.34. The summed E-state index contributed by atoms with van der Waals surface area (Å²) in [5, 5.41) is 0. The van der Waals surface area contributed by atoms with Crippen molar-refractivity contribution in [2.45, 2.75) is 70.7 Å². The smallest absolute Gasteiger partial charge is 0.190 e. The highest BCUT2D eigenvalue weighted by Gasteiger charge is 2.32. The van der Waals surface area contributed by atoms with E-state index in [-0.39, 0.29) is 0 Å². The van der Waals surface area contributed by atoms with E-state index in [1.54, 1.807) is 0 Å². The van der Waals surface area contributed by atoms with Gasteiger partial charge in [0, 0.05) is 6.10 Å². The summed E-state index contributed by atoms with van der Waals surface area (Å²) >= 11 is 0. The van der Waals surface area contributed by atoms with E-state index in [0.29, 0.717) is 6.10 Å². The second-order valence-electron chi connectivity index (χ2n) is 4.73. The Kier molecular flexibility index (Phi) is 4.46. The predicted octanol–water partition coefficient (Wildman–Crippen LogP) is 3.95. The first-order valence-electron chi connectivity index (χ1n) is 5.84. The number of hydrogen-bond donors (Lipinski definition) is 0. The van der Waals surface area contributed by atoms with Gasteiger partial charge in [0.1, 0.15) is 0 Å². The van der Waals surface area contributed by atoms with E-state index in [4.69, 9.17) is 4.43 Å². The van der Waals surface area contributed by atoms with E-state index in [9.17, 15) is 0 Å². The summed E-state index contributed by atoms with van der Waals surface area (Å²) in [6.07, 6.45) is 7.28. The van der Waals surface area contributed by atoms with Gasteiger partial charge in [0.2, 0.25) is 0 Å². The molecule has 78 valence electrons. The first-order valence-corrected chi connectivity index (χ1v) is 8.66. The van der Waals surface area contributed by atoms with Gasteiger partial charge in [0.15, 0.2) is 8.32 Å². The average molecular weight is 200 g/mol. The summed E-state index contributed by atoms with van der Waals surface area (Å²) in [4.78, 5) is 0. The Balaban J connectivity index is 2.31. The zero-order valence-electron chi connectivity index (χ0n) is 9.44. The fraction of sp³-hybridized carbons (Fsp3) is 1.00. The molecular formula is C11H24OSi. The molecule has 0 aromatic heterocycles. The standard InChI is InChI=1S/C11H24OSi/c1-4-8-11(2)12-13(3)9-6-5-7-10-13/h11H,4-10H2,1-3H3. The zero-order chi connectivity index (χ0) is 9.73. The van der Waals surface area contributed by atoms with Gasteiger partial charge in [-0.1, -0.05) is 32.6 Å². The van der Waals surface area contributed by atoms with Crippen molar-refractivity contribution >= 4 is 8.32 Å². The molecule has 13 heavy (non-hydrogen) atoms. The van der Waals surface area contributed by atoms with Crippen LogP contribution in [-0.4, -0.2) is 14.4 Å². The van der Waals surface area contributed by atoms with Crippen LogP contribution in [0.1, 0.15) is 46.0 Å². The minimum atomic E-state index is -1.24. The van der Waals surface area contributed by atoms with Crippen molar-refractivity contribution < 1.29 is 4.43 Å². The van der Waals surface area contributed by atoms with Crippen LogP contribution in [0.3, 0.4) is 0 Å². The fourth-order valence-corrected chi connectivity index (χ4v) is 5.94. The first kappa shape index (κ1) is 11.3. The van der Waals surface area contributed by atoms with E-state index >= 15 is 0 Å². The third kappa shape index (κ3) is 3.82. The maximum atomic E-state index is 6.26. The molecule has 0 bridgehead atoms. The Morgan fingerprint density at radius 1 is 1.23 bits per heavy atom. The molecule has 1 aliphatic heterocycles. The summed E-state index contributed by atoms with van der Waals surface area (Å²) in [6, 6.07) is 2.81. The van der Waals surface area contributed by atoms with Gasteiger partial charge in [-0.2, -0.15) is 0 Å². The Labute approximate surface area is 84.0 Å². The third-order valence-corrected chi connectivity index (χ3v) is 6.89. The molecule has 0 N–H and O–H groups in total. The van der Waals surface area contributed by atoms with E-state index in [0.717, 1.165) is 0 Å². The molecule has 1 heterocycles.